The fraction of sp³-hybridized carbons (Fsp3) is 0.500. The molecule has 0 saturated carbocycles. The average molecular weight is 492 g/mol. The molecule has 2 aliphatic rings. The van der Waals surface area contributed by atoms with Crippen LogP contribution in [-0.2, 0) is 23.9 Å². The highest BCUT2D eigenvalue weighted by Gasteiger charge is 2.52. The van der Waals surface area contributed by atoms with Crippen LogP contribution >= 0.6 is 0 Å². The number of hydrogen-bond acceptors (Lipinski definition) is 10. The molecule has 3 heterocycles. The number of aromatic nitrogens is 1. The Kier molecular flexibility index (Phi) is 7.85. The Morgan fingerprint density at radius 1 is 1.23 bits per heavy atom. The van der Waals surface area contributed by atoms with Crippen molar-refractivity contribution >= 4 is 23.6 Å². The number of carboxylic acid groups (broad SMARTS) is 1. The van der Waals surface area contributed by atoms with Crippen molar-refractivity contribution in [3.05, 3.63) is 36.3 Å². The molecule has 7 N–H and O–H groups in total. The lowest BCUT2D eigenvalue weighted by molar-refractivity contribution is -0.154. The molecule has 0 radical (unpaired) electrons. The van der Waals surface area contributed by atoms with Gasteiger partial charge in [-0.2, -0.15) is 0 Å². The molecule has 35 heavy (non-hydrogen) atoms. The molecule has 2 aliphatic heterocycles. The first-order valence-corrected chi connectivity index (χ1v) is 10.9. The quantitative estimate of drug-likeness (QED) is 0.222. The van der Waals surface area contributed by atoms with Gasteiger partial charge in [-0.25, -0.2) is 4.79 Å². The number of nitrogens with one attached hydrogen (secondary N) is 1. The van der Waals surface area contributed by atoms with Crippen molar-refractivity contribution in [1.82, 2.24) is 15.2 Å². The molecule has 13 nitrogen and oxygen atoms in total. The number of allylic oxidation sites excluding steroid dienone is 1. The fourth-order valence-corrected chi connectivity index (χ4v) is 3.98. The van der Waals surface area contributed by atoms with E-state index in [1.54, 1.807) is 19.9 Å². The van der Waals surface area contributed by atoms with Crippen LogP contribution in [0, 0.1) is 5.92 Å². The van der Waals surface area contributed by atoms with Crippen LogP contribution in [0.15, 0.2) is 30.6 Å². The standard InChI is InChI=1S/C22H28N4O9/c1-9(13-4-3-12(28)8-24-13)10(2)15(23)20(32)25-16(22(33)34)19-17(30)18(31)21(35-19)26-6-5-11(27)7-14(26)29/h3-6,8-10,15-19,21,28,30-31H,7,23H2,1-2H3,(H,25,32)(H,33,34). The Morgan fingerprint density at radius 2 is 1.91 bits per heavy atom. The van der Waals surface area contributed by atoms with Crippen LogP contribution < -0.4 is 11.1 Å². The van der Waals surface area contributed by atoms with Gasteiger partial charge in [0.1, 0.15) is 24.1 Å². The summed E-state index contributed by atoms with van der Waals surface area (Å²) in [6, 6.07) is 0.0356. The number of aliphatic hydroxyl groups excluding tert-OH is 2. The Morgan fingerprint density at radius 3 is 2.49 bits per heavy atom. The molecule has 0 spiro atoms. The molecule has 8 atom stereocenters. The van der Waals surface area contributed by atoms with Crippen LogP contribution in [0.1, 0.15) is 31.9 Å². The van der Waals surface area contributed by atoms with E-state index in [9.17, 15) is 39.6 Å². The predicted molar refractivity (Wildman–Crippen MR) is 117 cm³/mol. The maximum Gasteiger partial charge on any atom is 0.329 e. The summed E-state index contributed by atoms with van der Waals surface area (Å²) in [4.78, 5) is 53.3. The molecule has 190 valence electrons. The highest BCUT2D eigenvalue weighted by Crippen LogP contribution is 2.29. The van der Waals surface area contributed by atoms with E-state index in [1.165, 1.54) is 12.3 Å². The molecule has 1 saturated heterocycles. The Labute approximate surface area is 200 Å². The van der Waals surface area contributed by atoms with Gasteiger partial charge in [-0.15, -0.1) is 0 Å². The van der Waals surface area contributed by atoms with E-state index >= 15 is 0 Å². The van der Waals surface area contributed by atoms with Crippen LogP contribution in [0.4, 0.5) is 0 Å². The van der Waals surface area contributed by atoms with Gasteiger partial charge in [0.2, 0.25) is 11.8 Å². The summed E-state index contributed by atoms with van der Waals surface area (Å²) in [7, 11) is 0. The second-order valence-electron chi connectivity index (χ2n) is 8.67. The summed E-state index contributed by atoms with van der Waals surface area (Å²) in [6.07, 6.45) is -3.58. The molecule has 1 aromatic heterocycles. The number of aliphatic carboxylic acids is 1. The third kappa shape index (κ3) is 5.48. The Balaban J connectivity index is 1.72. The van der Waals surface area contributed by atoms with Crippen molar-refractivity contribution in [3.63, 3.8) is 0 Å². The van der Waals surface area contributed by atoms with E-state index in [0.29, 0.717) is 5.69 Å². The molecule has 1 fully saturated rings. The highest BCUT2D eigenvalue weighted by molar-refractivity contribution is 6.06. The maximum atomic E-state index is 12.8. The van der Waals surface area contributed by atoms with Crippen LogP contribution in [0.3, 0.4) is 0 Å². The number of pyridine rings is 1. The number of ketones is 1. The summed E-state index contributed by atoms with van der Waals surface area (Å²) < 4.78 is 5.50. The number of aliphatic hydroxyl groups is 2. The number of carbonyl (C=O) groups excluding carboxylic acids is 3. The second-order valence-corrected chi connectivity index (χ2v) is 8.67. The third-order valence-corrected chi connectivity index (χ3v) is 6.37. The van der Waals surface area contributed by atoms with Crippen molar-refractivity contribution in [2.75, 3.05) is 0 Å². The highest BCUT2D eigenvalue weighted by atomic mass is 16.6. The van der Waals surface area contributed by atoms with E-state index in [1.807, 2.05) is 0 Å². The van der Waals surface area contributed by atoms with Gasteiger partial charge in [-0.3, -0.25) is 24.3 Å². The van der Waals surface area contributed by atoms with E-state index < -0.39 is 72.5 Å². The molecular weight excluding hydrogens is 464 g/mol. The maximum absolute atomic E-state index is 12.8. The fourth-order valence-electron chi connectivity index (χ4n) is 3.98. The lowest BCUT2D eigenvalue weighted by Gasteiger charge is -2.30. The monoisotopic (exact) mass is 492 g/mol. The van der Waals surface area contributed by atoms with Crippen LogP contribution in [-0.4, -0.2) is 90.5 Å². The average Bonchev–Trinajstić information content (AvgIpc) is 3.10. The van der Waals surface area contributed by atoms with E-state index in [0.717, 1.165) is 17.2 Å². The van der Waals surface area contributed by atoms with E-state index in [-0.39, 0.29) is 11.7 Å². The summed E-state index contributed by atoms with van der Waals surface area (Å²) in [6.45, 7) is 3.44. The van der Waals surface area contributed by atoms with Gasteiger partial charge >= 0.3 is 5.97 Å². The van der Waals surface area contributed by atoms with Gasteiger partial charge in [0.05, 0.1) is 18.7 Å². The zero-order valence-electron chi connectivity index (χ0n) is 19.0. The lowest BCUT2D eigenvalue weighted by atomic mass is 9.86. The SMILES string of the molecule is CC(c1ccc(O)cn1)C(C)C(N)C(=O)NC(C(=O)O)C1OC(N2C=CC(=O)CC2=O)C(O)C1O. The second kappa shape index (κ2) is 10.5. The first kappa shape index (κ1) is 26.2. The number of amides is 2. The number of hydrogen-bond donors (Lipinski definition) is 6. The van der Waals surface area contributed by atoms with Crippen LogP contribution in [0.5, 0.6) is 5.75 Å². The lowest BCUT2D eigenvalue weighted by Crippen LogP contribution is -2.57. The number of nitrogens with two attached hydrogens (primary N) is 1. The first-order chi connectivity index (χ1) is 16.4. The summed E-state index contributed by atoms with van der Waals surface area (Å²) in [5, 5.41) is 42.2. The molecular formula is C22H28N4O9. The van der Waals surface area contributed by atoms with Crippen molar-refractivity contribution in [2.45, 2.75) is 62.8 Å². The minimum Gasteiger partial charge on any atom is -0.506 e. The van der Waals surface area contributed by atoms with Gasteiger partial charge in [0.15, 0.2) is 18.1 Å². The number of carbonyl (C=O) groups is 4. The van der Waals surface area contributed by atoms with Crippen molar-refractivity contribution in [3.8, 4) is 5.75 Å². The van der Waals surface area contributed by atoms with E-state index in [4.69, 9.17) is 10.5 Å². The predicted octanol–water partition coefficient (Wildman–Crippen LogP) is -1.81. The molecule has 2 amide bonds. The van der Waals surface area contributed by atoms with Crippen molar-refractivity contribution < 1.29 is 44.3 Å². The smallest absolute Gasteiger partial charge is 0.329 e. The van der Waals surface area contributed by atoms with Gasteiger partial charge in [-0.1, -0.05) is 13.8 Å². The topological polar surface area (TPSA) is 213 Å². The minimum absolute atomic E-state index is 0.0242. The summed E-state index contributed by atoms with van der Waals surface area (Å²) in [5.41, 5.74) is 6.65. The summed E-state index contributed by atoms with van der Waals surface area (Å²) >= 11 is 0. The van der Waals surface area contributed by atoms with E-state index in [2.05, 4.69) is 10.3 Å². The molecule has 8 unspecified atom stereocenters. The summed E-state index contributed by atoms with van der Waals surface area (Å²) in [5.74, 6) is -4.42. The van der Waals surface area contributed by atoms with Crippen molar-refractivity contribution in [2.24, 2.45) is 11.7 Å². The first-order valence-electron chi connectivity index (χ1n) is 10.9. The minimum atomic E-state index is -1.80. The van der Waals surface area contributed by atoms with Crippen molar-refractivity contribution in [1.29, 1.82) is 0 Å². The van der Waals surface area contributed by atoms with Gasteiger partial charge < -0.3 is 36.2 Å². The molecule has 13 heteroatoms. The number of carboxylic acids is 1. The molecule has 0 bridgehead atoms. The molecule has 1 aromatic rings. The van der Waals surface area contributed by atoms with Crippen LogP contribution in [0.25, 0.3) is 0 Å². The third-order valence-electron chi connectivity index (χ3n) is 6.37. The molecule has 0 aromatic carbocycles. The molecule has 0 aliphatic carbocycles. The number of ether oxygens (including phenoxy) is 1. The number of rotatable bonds is 8. The number of nitrogens with zero attached hydrogens (tertiary/aromatic N) is 2. The van der Waals surface area contributed by atoms with Gasteiger partial charge in [-0.05, 0) is 24.1 Å². The van der Waals surface area contributed by atoms with Gasteiger partial charge in [0.25, 0.3) is 0 Å². The zero-order valence-corrected chi connectivity index (χ0v) is 19.0. The van der Waals surface area contributed by atoms with Crippen LogP contribution in [0.2, 0.25) is 0 Å². The Hall–Kier alpha value is -3.39. The molecule has 3 rings (SSSR count). The number of aromatic hydroxyl groups is 1. The zero-order chi connectivity index (χ0) is 26.0. The largest absolute Gasteiger partial charge is 0.506 e. The Bertz CT molecular complexity index is 1010. The normalized spacial score (nSPS) is 27.9. The van der Waals surface area contributed by atoms with Gasteiger partial charge in [0, 0.05) is 17.8 Å².